The first-order valence-corrected chi connectivity index (χ1v) is 7.98. The lowest BCUT2D eigenvalue weighted by atomic mass is 9.96. The smallest absolute Gasteiger partial charge is 0.408 e. The second-order valence-corrected chi connectivity index (χ2v) is 6.71. The van der Waals surface area contributed by atoms with Gasteiger partial charge in [-0.05, 0) is 70.4 Å². The van der Waals surface area contributed by atoms with Crippen molar-refractivity contribution in [2.75, 3.05) is 6.61 Å². The van der Waals surface area contributed by atoms with Gasteiger partial charge in [0, 0.05) is 6.42 Å². The van der Waals surface area contributed by atoms with Crippen LogP contribution in [0.1, 0.15) is 44.4 Å². The maximum atomic E-state index is 11.9. The number of nitrogens with one attached hydrogen (secondary N) is 1. The van der Waals surface area contributed by atoms with Crippen LogP contribution in [0.3, 0.4) is 0 Å². The number of amides is 1. The highest BCUT2D eigenvalue weighted by Crippen LogP contribution is 2.23. The maximum absolute atomic E-state index is 11.9. The van der Waals surface area contributed by atoms with Crippen LogP contribution >= 0.6 is 0 Å². The van der Waals surface area contributed by atoms with Crippen molar-refractivity contribution in [2.45, 2.75) is 59.6 Å². The molecular formula is C18H27NO5. The van der Waals surface area contributed by atoms with Gasteiger partial charge >= 0.3 is 12.1 Å². The van der Waals surface area contributed by atoms with Gasteiger partial charge < -0.3 is 19.9 Å². The molecule has 2 N–H and O–H groups in total. The van der Waals surface area contributed by atoms with E-state index in [-0.39, 0.29) is 6.42 Å². The Morgan fingerprint density at radius 3 is 2.17 bits per heavy atom. The molecule has 0 bridgehead atoms. The molecule has 1 rings (SSSR count). The summed E-state index contributed by atoms with van der Waals surface area (Å²) < 4.78 is 10.6. The first kappa shape index (κ1) is 19.8. The van der Waals surface area contributed by atoms with Crippen LogP contribution in [0.25, 0.3) is 0 Å². The zero-order chi connectivity index (χ0) is 18.5. The van der Waals surface area contributed by atoms with Crippen molar-refractivity contribution in [3.05, 3.63) is 28.8 Å². The monoisotopic (exact) mass is 337 g/mol. The predicted octanol–water partition coefficient (Wildman–Crippen LogP) is 3.22. The van der Waals surface area contributed by atoms with Crippen LogP contribution in [0.15, 0.2) is 12.1 Å². The van der Waals surface area contributed by atoms with Crippen LogP contribution in [-0.2, 0) is 16.0 Å². The van der Waals surface area contributed by atoms with Gasteiger partial charge in [-0.1, -0.05) is 0 Å². The first-order chi connectivity index (χ1) is 11.0. The topological polar surface area (TPSA) is 84.9 Å². The Labute approximate surface area is 143 Å². The summed E-state index contributed by atoms with van der Waals surface area (Å²) in [5, 5.41) is 11.8. The number of ether oxygens (including phenoxy) is 2. The minimum Gasteiger partial charge on any atom is -0.494 e. The molecule has 0 aliphatic carbocycles. The van der Waals surface area contributed by atoms with E-state index < -0.39 is 23.7 Å². The highest BCUT2D eigenvalue weighted by Gasteiger charge is 2.25. The number of benzene rings is 1. The van der Waals surface area contributed by atoms with Gasteiger partial charge in [0.2, 0.25) is 0 Å². The number of carbonyl (C=O) groups is 2. The number of hydrogen-bond acceptors (Lipinski definition) is 4. The summed E-state index contributed by atoms with van der Waals surface area (Å²) in [6.45, 7) is 11.4. The van der Waals surface area contributed by atoms with Crippen LogP contribution in [0.2, 0.25) is 0 Å². The molecule has 0 spiro atoms. The number of carboxylic acid groups (broad SMARTS) is 1. The third-order valence-corrected chi connectivity index (χ3v) is 3.38. The van der Waals surface area contributed by atoms with Gasteiger partial charge in [-0.3, -0.25) is 0 Å². The van der Waals surface area contributed by atoms with Gasteiger partial charge in [-0.15, -0.1) is 0 Å². The molecule has 0 radical (unpaired) electrons. The lowest BCUT2D eigenvalue weighted by Crippen LogP contribution is -2.44. The van der Waals surface area contributed by atoms with Crippen molar-refractivity contribution < 1.29 is 24.2 Å². The lowest BCUT2D eigenvalue weighted by Gasteiger charge is -2.23. The fourth-order valence-electron chi connectivity index (χ4n) is 2.38. The predicted molar refractivity (Wildman–Crippen MR) is 91.6 cm³/mol. The minimum atomic E-state index is -1.10. The molecular weight excluding hydrogens is 310 g/mol. The largest absolute Gasteiger partial charge is 0.494 e. The summed E-state index contributed by atoms with van der Waals surface area (Å²) in [5.74, 6) is -0.350. The van der Waals surface area contributed by atoms with Gasteiger partial charge in [-0.2, -0.15) is 0 Å². The molecule has 1 aromatic rings. The lowest BCUT2D eigenvalue weighted by molar-refractivity contribution is -0.139. The second kappa shape index (κ2) is 8.04. The summed E-state index contributed by atoms with van der Waals surface area (Å²) >= 11 is 0. The molecule has 1 atom stereocenters. The van der Waals surface area contributed by atoms with Crippen molar-refractivity contribution in [1.29, 1.82) is 0 Å². The summed E-state index contributed by atoms with van der Waals surface area (Å²) in [4.78, 5) is 23.4. The molecule has 1 unspecified atom stereocenters. The molecule has 0 aliphatic heterocycles. The highest BCUT2D eigenvalue weighted by molar-refractivity contribution is 5.80. The zero-order valence-electron chi connectivity index (χ0n) is 15.2. The molecule has 6 heteroatoms. The van der Waals surface area contributed by atoms with Gasteiger partial charge in [0.15, 0.2) is 0 Å². The number of rotatable bonds is 6. The Morgan fingerprint density at radius 1 is 1.21 bits per heavy atom. The van der Waals surface area contributed by atoms with E-state index in [2.05, 4.69) is 5.32 Å². The van der Waals surface area contributed by atoms with Crippen molar-refractivity contribution in [1.82, 2.24) is 5.32 Å². The number of hydrogen-bond donors (Lipinski definition) is 2. The summed E-state index contributed by atoms with van der Waals surface area (Å²) in [6, 6.07) is 2.69. The summed E-state index contributed by atoms with van der Waals surface area (Å²) in [6.07, 6.45) is -0.560. The van der Waals surface area contributed by atoms with Crippen molar-refractivity contribution in [3.63, 3.8) is 0 Å². The normalized spacial score (nSPS) is 12.4. The fraction of sp³-hybridized carbons (Fsp3) is 0.556. The van der Waals surface area contributed by atoms with Crippen LogP contribution in [0.5, 0.6) is 5.75 Å². The van der Waals surface area contributed by atoms with Crippen LogP contribution in [0, 0.1) is 13.8 Å². The SMILES string of the molecule is CCOc1cc(C)c(CC(NC(=O)OC(C)(C)C)C(=O)O)c(C)c1. The maximum Gasteiger partial charge on any atom is 0.408 e. The Kier molecular flexibility index (Phi) is 6.63. The molecule has 1 aromatic carbocycles. The standard InChI is InChI=1S/C18H27NO5/c1-7-23-13-8-11(2)14(12(3)9-13)10-15(16(20)21)19-17(22)24-18(4,5)6/h8-9,15H,7,10H2,1-6H3,(H,19,22)(H,20,21). The average Bonchev–Trinajstić information content (AvgIpc) is 2.39. The quantitative estimate of drug-likeness (QED) is 0.832. The fourth-order valence-corrected chi connectivity index (χ4v) is 2.38. The molecule has 0 heterocycles. The molecule has 1 amide bonds. The molecule has 6 nitrogen and oxygen atoms in total. The Balaban J connectivity index is 2.93. The Hall–Kier alpha value is -2.24. The van der Waals surface area contributed by atoms with Gasteiger partial charge in [-0.25, -0.2) is 9.59 Å². The average molecular weight is 337 g/mol. The third-order valence-electron chi connectivity index (χ3n) is 3.38. The molecule has 0 saturated heterocycles. The Bertz CT molecular complexity index is 581. The van der Waals surface area contributed by atoms with Crippen LogP contribution < -0.4 is 10.1 Å². The van der Waals surface area contributed by atoms with E-state index in [1.54, 1.807) is 20.8 Å². The summed E-state index contributed by atoms with van der Waals surface area (Å²) in [7, 11) is 0. The van der Waals surface area contributed by atoms with Crippen LogP contribution in [-0.4, -0.2) is 35.4 Å². The van der Waals surface area contributed by atoms with Gasteiger partial charge in [0.05, 0.1) is 6.61 Å². The van der Waals surface area contributed by atoms with E-state index in [4.69, 9.17) is 9.47 Å². The van der Waals surface area contributed by atoms with E-state index in [0.29, 0.717) is 6.61 Å². The summed E-state index contributed by atoms with van der Waals surface area (Å²) in [5.41, 5.74) is 2.05. The number of alkyl carbamates (subject to hydrolysis) is 1. The van der Waals surface area contributed by atoms with Gasteiger partial charge in [0.1, 0.15) is 17.4 Å². The van der Waals surface area contributed by atoms with Gasteiger partial charge in [0.25, 0.3) is 0 Å². The van der Waals surface area contributed by atoms with Crippen molar-refractivity contribution >= 4 is 12.1 Å². The van der Waals surface area contributed by atoms with Crippen molar-refractivity contribution in [3.8, 4) is 5.75 Å². The molecule has 24 heavy (non-hydrogen) atoms. The molecule has 0 fully saturated rings. The van der Waals surface area contributed by atoms with E-state index in [1.807, 2.05) is 32.9 Å². The van der Waals surface area contributed by atoms with Crippen molar-refractivity contribution in [2.24, 2.45) is 0 Å². The second-order valence-electron chi connectivity index (χ2n) is 6.71. The molecule has 0 aliphatic rings. The van der Waals surface area contributed by atoms with E-state index in [1.165, 1.54) is 0 Å². The van der Waals surface area contributed by atoms with E-state index >= 15 is 0 Å². The number of carbonyl (C=O) groups excluding carboxylic acids is 1. The minimum absolute atomic E-state index is 0.179. The first-order valence-electron chi connectivity index (χ1n) is 7.98. The number of carboxylic acids is 1. The van der Waals surface area contributed by atoms with E-state index in [0.717, 1.165) is 22.4 Å². The number of aliphatic carboxylic acids is 1. The van der Waals surface area contributed by atoms with Crippen LogP contribution in [0.4, 0.5) is 4.79 Å². The highest BCUT2D eigenvalue weighted by atomic mass is 16.6. The Morgan fingerprint density at radius 2 is 1.75 bits per heavy atom. The van der Waals surface area contributed by atoms with E-state index in [9.17, 15) is 14.7 Å². The molecule has 0 aromatic heterocycles. The third kappa shape index (κ3) is 6.10. The zero-order valence-corrected chi connectivity index (χ0v) is 15.2. The number of aryl methyl sites for hydroxylation is 2. The molecule has 134 valence electrons. The molecule has 0 saturated carbocycles.